The summed E-state index contributed by atoms with van der Waals surface area (Å²) in [5.74, 6) is 0.0978. The molecule has 22 heavy (non-hydrogen) atoms. The van der Waals surface area contributed by atoms with E-state index in [4.69, 9.17) is 0 Å². The normalized spacial score (nSPS) is 32.3. The molecule has 2 unspecified atom stereocenters. The molecule has 2 atom stereocenters. The fraction of sp³-hybridized carbons (Fsp3) is 0.933. The van der Waals surface area contributed by atoms with Crippen LogP contribution in [0, 0.1) is 0 Å². The van der Waals surface area contributed by atoms with E-state index in [1.807, 2.05) is 0 Å². The zero-order valence-electron chi connectivity index (χ0n) is 13.1. The van der Waals surface area contributed by atoms with Gasteiger partial charge in [0, 0.05) is 37.6 Å². The molecule has 0 aliphatic carbocycles. The van der Waals surface area contributed by atoms with Crippen molar-refractivity contribution in [3.63, 3.8) is 0 Å². The summed E-state index contributed by atoms with van der Waals surface area (Å²) in [5.41, 5.74) is 0. The summed E-state index contributed by atoms with van der Waals surface area (Å²) >= 11 is 0. The molecule has 3 aliphatic rings. The van der Waals surface area contributed by atoms with Crippen LogP contribution >= 0.6 is 0 Å². The predicted molar refractivity (Wildman–Crippen MR) is 84.9 cm³/mol. The van der Waals surface area contributed by atoms with Crippen LogP contribution in [0.1, 0.15) is 51.4 Å². The molecule has 3 aliphatic heterocycles. The van der Waals surface area contributed by atoms with Crippen LogP contribution in [0.25, 0.3) is 0 Å². The molecule has 0 aromatic carbocycles. The van der Waals surface area contributed by atoms with Gasteiger partial charge in [0.05, 0.1) is 5.75 Å². The molecule has 3 saturated heterocycles. The molecule has 126 valence electrons. The Morgan fingerprint density at radius 1 is 1.14 bits per heavy atom. The van der Waals surface area contributed by atoms with Gasteiger partial charge in [-0.1, -0.05) is 0 Å². The van der Waals surface area contributed by atoms with Gasteiger partial charge in [-0.25, -0.2) is 12.7 Å². The molecule has 0 spiro atoms. The summed E-state index contributed by atoms with van der Waals surface area (Å²) in [6, 6.07) is 1.38. The van der Waals surface area contributed by atoms with Gasteiger partial charge >= 0.3 is 0 Å². The molecule has 7 heteroatoms. The summed E-state index contributed by atoms with van der Waals surface area (Å²) in [7, 11) is -3.15. The topological polar surface area (TPSA) is 78.5 Å². The third-order valence-electron chi connectivity index (χ3n) is 5.10. The number of amides is 1. The van der Waals surface area contributed by atoms with E-state index >= 15 is 0 Å². The van der Waals surface area contributed by atoms with Crippen molar-refractivity contribution in [1.29, 1.82) is 0 Å². The second-order valence-electron chi connectivity index (χ2n) is 6.90. The van der Waals surface area contributed by atoms with Crippen molar-refractivity contribution in [1.82, 2.24) is 14.9 Å². The van der Waals surface area contributed by atoms with Crippen molar-refractivity contribution in [3.8, 4) is 0 Å². The van der Waals surface area contributed by atoms with Gasteiger partial charge in [0.25, 0.3) is 0 Å². The lowest BCUT2D eigenvalue weighted by Crippen LogP contribution is -2.48. The fourth-order valence-electron chi connectivity index (χ4n) is 3.99. The Labute approximate surface area is 133 Å². The Balaban J connectivity index is 1.37. The maximum Gasteiger partial charge on any atom is 0.220 e. The summed E-state index contributed by atoms with van der Waals surface area (Å²) in [6.07, 6.45) is 7.09. The van der Waals surface area contributed by atoms with Gasteiger partial charge in [-0.15, -0.1) is 0 Å². The molecule has 0 saturated carbocycles. The molecule has 0 aromatic heterocycles. The van der Waals surface area contributed by atoms with Crippen molar-refractivity contribution in [2.24, 2.45) is 0 Å². The minimum atomic E-state index is -3.15. The van der Waals surface area contributed by atoms with Crippen LogP contribution in [0.3, 0.4) is 0 Å². The average Bonchev–Trinajstić information content (AvgIpc) is 3.09. The average molecular weight is 329 g/mol. The van der Waals surface area contributed by atoms with Gasteiger partial charge in [-0.2, -0.15) is 0 Å². The van der Waals surface area contributed by atoms with Gasteiger partial charge in [0.15, 0.2) is 0 Å². The number of piperidine rings is 1. The van der Waals surface area contributed by atoms with Gasteiger partial charge in [-0.05, 0) is 44.9 Å². The molecular formula is C15H27N3O3S. The number of carbonyl (C=O) groups is 1. The van der Waals surface area contributed by atoms with E-state index in [-0.39, 0.29) is 17.7 Å². The molecule has 0 aromatic rings. The summed E-state index contributed by atoms with van der Waals surface area (Å²) < 4.78 is 25.7. The van der Waals surface area contributed by atoms with E-state index in [1.165, 1.54) is 12.8 Å². The SMILES string of the molecule is O=C(CCCS(=O)(=O)N1CCCC1)NC1CC2CCC(C1)N2. The Hall–Kier alpha value is -0.660. The summed E-state index contributed by atoms with van der Waals surface area (Å²) in [6.45, 7) is 1.29. The number of rotatable bonds is 6. The standard InChI is InChI=1S/C15H27N3O3S/c19-15(17-14-10-12-5-6-13(11-14)16-12)4-3-9-22(20,21)18-7-1-2-8-18/h12-14,16H,1-11H2,(H,17,19). The molecular weight excluding hydrogens is 302 g/mol. The first-order valence-corrected chi connectivity index (χ1v) is 10.2. The van der Waals surface area contributed by atoms with Gasteiger partial charge in [0.1, 0.15) is 0 Å². The number of fused-ring (bicyclic) bond motifs is 2. The van der Waals surface area contributed by atoms with Crippen molar-refractivity contribution in [3.05, 3.63) is 0 Å². The zero-order valence-corrected chi connectivity index (χ0v) is 13.9. The molecule has 6 nitrogen and oxygen atoms in total. The second kappa shape index (κ2) is 6.84. The van der Waals surface area contributed by atoms with E-state index < -0.39 is 10.0 Å². The molecule has 2 N–H and O–H groups in total. The highest BCUT2D eigenvalue weighted by atomic mass is 32.2. The lowest BCUT2D eigenvalue weighted by molar-refractivity contribution is -0.122. The highest BCUT2D eigenvalue weighted by Gasteiger charge is 2.34. The maximum absolute atomic E-state index is 12.1. The van der Waals surface area contributed by atoms with Crippen molar-refractivity contribution in [2.75, 3.05) is 18.8 Å². The fourth-order valence-corrected chi connectivity index (χ4v) is 5.57. The summed E-state index contributed by atoms with van der Waals surface area (Å²) in [4.78, 5) is 12.0. The highest BCUT2D eigenvalue weighted by Crippen LogP contribution is 2.26. The largest absolute Gasteiger partial charge is 0.353 e. The Morgan fingerprint density at radius 3 is 2.41 bits per heavy atom. The number of nitrogens with zero attached hydrogens (tertiary/aromatic N) is 1. The van der Waals surface area contributed by atoms with Crippen LogP contribution < -0.4 is 10.6 Å². The Morgan fingerprint density at radius 2 is 1.77 bits per heavy atom. The summed E-state index contributed by atoms with van der Waals surface area (Å²) in [5, 5.41) is 6.64. The van der Waals surface area contributed by atoms with E-state index in [0.717, 1.165) is 25.7 Å². The molecule has 1 amide bonds. The molecule has 3 heterocycles. The van der Waals surface area contributed by atoms with Crippen LogP contribution in [0.15, 0.2) is 0 Å². The molecule has 3 rings (SSSR count). The van der Waals surface area contributed by atoms with Crippen LogP contribution in [-0.4, -0.2) is 55.6 Å². The van der Waals surface area contributed by atoms with Crippen LogP contribution in [0.4, 0.5) is 0 Å². The quantitative estimate of drug-likeness (QED) is 0.748. The third kappa shape index (κ3) is 4.00. The third-order valence-corrected chi connectivity index (χ3v) is 7.06. The van der Waals surface area contributed by atoms with Crippen LogP contribution in [-0.2, 0) is 14.8 Å². The first kappa shape index (κ1) is 16.2. The van der Waals surface area contributed by atoms with Crippen molar-refractivity contribution >= 4 is 15.9 Å². The van der Waals surface area contributed by atoms with Gasteiger partial charge < -0.3 is 10.6 Å². The number of hydrogen-bond acceptors (Lipinski definition) is 4. The zero-order chi connectivity index (χ0) is 15.6. The number of nitrogens with one attached hydrogen (secondary N) is 2. The minimum Gasteiger partial charge on any atom is -0.353 e. The van der Waals surface area contributed by atoms with E-state index in [2.05, 4.69) is 10.6 Å². The number of hydrogen-bond donors (Lipinski definition) is 2. The lowest BCUT2D eigenvalue weighted by Gasteiger charge is -2.29. The molecule has 2 bridgehead atoms. The van der Waals surface area contributed by atoms with E-state index in [1.54, 1.807) is 4.31 Å². The number of carbonyl (C=O) groups excluding carboxylic acids is 1. The van der Waals surface area contributed by atoms with Crippen molar-refractivity contribution < 1.29 is 13.2 Å². The van der Waals surface area contributed by atoms with E-state index in [9.17, 15) is 13.2 Å². The lowest BCUT2D eigenvalue weighted by atomic mass is 10.00. The second-order valence-corrected chi connectivity index (χ2v) is 8.99. The first-order valence-electron chi connectivity index (χ1n) is 8.56. The minimum absolute atomic E-state index is 0.00271. The molecule has 3 fully saturated rings. The predicted octanol–water partition coefficient (Wildman–Crippen LogP) is 0.591. The van der Waals surface area contributed by atoms with Gasteiger partial charge in [0.2, 0.25) is 15.9 Å². The van der Waals surface area contributed by atoms with E-state index in [0.29, 0.717) is 38.0 Å². The van der Waals surface area contributed by atoms with Crippen LogP contribution in [0.5, 0.6) is 0 Å². The Bertz CT molecular complexity index is 490. The van der Waals surface area contributed by atoms with Gasteiger partial charge in [-0.3, -0.25) is 4.79 Å². The monoisotopic (exact) mass is 329 g/mol. The van der Waals surface area contributed by atoms with Crippen molar-refractivity contribution in [2.45, 2.75) is 69.5 Å². The number of sulfonamides is 1. The first-order chi connectivity index (χ1) is 10.5. The highest BCUT2D eigenvalue weighted by molar-refractivity contribution is 7.89. The van der Waals surface area contributed by atoms with Crippen LogP contribution in [0.2, 0.25) is 0 Å². The smallest absolute Gasteiger partial charge is 0.220 e. The Kier molecular flexibility index (Phi) is 5.04. The maximum atomic E-state index is 12.1. The molecule has 0 radical (unpaired) electrons.